The predicted octanol–water partition coefficient (Wildman–Crippen LogP) is 6.21. The van der Waals surface area contributed by atoms with Gasteiger partial charge in [0.25, 0.3) is 0 Å². The molecule has 29 heavy (non-hydrogen) atoms. The molecule has 4 rings (SSSR count). The number of hydrogen-bond donors (Lipinski definition) is 0. The molecular formula is C22H24Cl2OOsP2Ru+7. The molecule has 0 N–H and O–H groups in total. The van der Waals surface area contributed by atoms with Crippen LogP contribution in [0, 0.1) is 0 Å². The van der Waals surface area contributed by atoms with Gasteiger partial charge >= 0.3 is 39.3 Å². The van der Waals surface area contributed by atoms with Crippen LogP contribution in [0.1, 0.15) is 12.8 Å². The van der Waals surface area contributed by atoms with Gasteiger partial charge in [-0.15, -0.1) is 0 Å². The molecule has 0 atom stereocenters. The van der Waals surface area contributed by atoms with E-state index >= 15 is 0 Å². The van der Waals surface area contributed by atoms with Gasteiger partial charge in [-0.05, 0) is 36.7 Å². The van der Waals surface area contributed by atoms with E-state index in [9.17, 15) is 0 Å². The molecule has 0 amide bonds. The fraction of sp³-hybridized carbons (Fsp3) is 0.182. The second-order valence-corrected chi connectivity index (χ2v) is 9.81. The molecule has 1 saturated heterocycles. The van der Waals surface area contributed by atoms with Gasteiger partial charge in [-0.1, -0.05) is 113 Å². The van der Waals surface area contributed by atoms with Crippen molar-refractivity contribution in [1.82, 2.24) is 0 Å². The first kappa shape index (κ1) is 29.3. The summed E-state index contributed by atoms with van der Waals surface area (Å²) in [6, 6.07) is 32.3. The average Bonchev–Trinajstić information content (AvgIpc) is 3.32. The third-order valence-corrected chi connectivity index (χ3v) is 6.31. The summed E-state index contributed by atoms with van der Waals surface area (Å²) < 4.78 is 4.94. The van der Waals surface area contributed by atoms with Crippen LogP contribution in [0.25, 0.3) is 0 Å². The van der Waals surface area contributed by atoms with E-state index in [4.69, 9.17) is 27.2 Å². The summed E-state index contributed by atoms with van der Waals surface area (Å²) in [5, 5.41) is 4.19. The zero-order valence-electron chi connectivity index (χ0n) is 15.8. The van der Waals surface area contributed by atoms with Crippen LogP contribution < -0.4 is 15.9 Å². The molecular weight excluding hydrogens is 704 g/mol. The Balaban J connectivity index is 0.000000668. The van der Waals surface area contributed by atoms with Crippen LogP contribution >= 0.6 is 37.7 Å². The van der Waals surface area contributed by atoms with E-state index in [1.54, 1.807) is 0 Å². The molecule has 0 aliphatic carbocycles. The van der Waals surface area contributed by atoms with E-state index < -0.39 is 7.92 Å². The molecule has 0 saturated carbocycles. The van der Waals surface area contributed by atoms with Gasteiger partial charge in [0.05, 0.1) is 7.29 Å². The molecule has 0 unspecified atom stereocenters. The molecule has 0 bridgehead atoms. The molecule has 0 aromatic heterocycles. The SMILES string of the molecule is C1CCOC1.ClPCl.[Os+4].[Ru+3].c1ccc(P(c2ccccc2)c2ccccc2)cc1. The van der Waals surface area contributed by atoms with Gasteiger partial charge in [0.1, 0.15) is 0 Å². The minimum atomic E-state index is -0.446. The molecule has 1 radical (unpaired) electrons. The van der Waals surface area contributed by atoms with Gasteiger partial charge < -0.3 is 4.74 Å². The van der Waals surface area contributed by atoms with E-state index in [1.165, 1.54) is 28.8 Å². The molecule has 7 heteroatoms. The monoisotopic (exact) mass is 730 g/mol. The van der Waals surface area contributed by atoms with E-state index in [1.807, 2.05) is 0 Å². The smallest absolute Gasteiger partial charge is 0.381 e. The van der Waals surface area contributed by atoms with Gasteiger partial charge in [-0.3, -0.25) is 0 Å². The summed E-state index contributed by atoms with van der Waals surface area (Å²) in [6.45, 7) is 2.00. The summed E-state index contributed by atoms with van der Waals surface area (Å²) in [4.78, 5) is 0. The van der Waals surface area contributed by atoms with Crippen molar-refractivity contribution in [2.75, 3.05) is 13.2 Å². The van der Waals surface area contributed by atoms with Crippen LogP contribution in [0.2, 0.25) is 0 Å². The molecule has 1 nitrogen and oxygen atoms in total. The predicted molar refractivity (Wildman–Crippen MR) is 125 cm³/mol. The van der Waals surface area contributed by atoms with Crippen LogP contribution in [-0.2, 0) is 44.0 Å². The maximum Gasteiger partial charge on any atom is 4.00 e. The second-order valence-electron chi connectivity index (χ2n) is 5.73. The van der Waals surface area contributed by atoms with Crippen LogP contribution in [0.5, 0.6) is 0 Å². The largest absolute Gasteiger partial charge is 4.00 e. The number of rotatable bonds is 3. The molecule has 0 spiro atoms. The van der Waals surface area contributed by atoms with Crippen LogP contribution in [0.4, 0.5) is 0 Å². The first-order valence-electron chi connectivity index (χ1n) is 8.86. The Bertz CT molecular complexity index is 634. The zero-order chi connectivity index (χ0) is 19.2. The van der Waals surface area contributed by atoms with Crippen molar-refractivity contribution in [1.29, 1.82) is 0 Å². The van der Waals surface area contributed by atoms with Crippen molar-refractivity contribution in [3.8, 4) is 0 Å². The Labute approximate surface area is 213 Å². The number of benzene rings is 3. The van der Waals surface area contributed by atoms with Crippen molar-refractivity contribution in [2.45, 2.75) is 12.8 Å². The first-order chi connectivity index (χ1) is 13.4. The first-order valence-corrected chi connectivity index (χ1v) is 13.2. The van der Waals surface area contributed by atoms with E-state index in [-0.39, 0.29) is 46.6 Å². The van der Waals surface area contributed by atoms with E-state index in [0.29, 0.717) is 0 Å². The van der Waals surface area contributed by atoms with Gasteiger partial charge in [-0.2, -0.15) is 0 Å². The third kappa shape index (κ3) is 11.5. The average molecular weight is 729 g/mol. The number of hydrogen-bond acceptors (Lipinski definition) is 1. The summed E-state index contributed by atoms with van der Waals surface area (Å²) in [5.74, 6) is 0. The summed E-state index contributed by atoms with van der Waals surface area (Å²) in [7, 11) is -0.418. The van der Waals surface area contributed by atoms with Crippen molar-refractivity contribution in [3.05, 3.63) is 91.0 Å². The fourth-order valence-electron chi connectivity index (χ4n) is 2.69. The molecule has 1 aliphatic rings. The molecule has 3 aromatic rings. The van der Waals surface area contributed by atoms with Crippen molar-refractivity contribution in [3.63, 3.8) is 0 Å². The summed E-state index contributed by atoms with van der Waals surface area (Å²) in [6.07, 6.45) is 2.56. The summed E-state index contributed by atoms with van der Waals surface area (Å²) in [5.41, 5.74) is 0. The molecule has 1 fully saturated rings. The van der Waals surface area contributed by atoms with Gasteiger partial charge in [0.15, 0.2) is 0 Å². The van der Waals surface area contributed by atoms with Crippen LogP contribution in [0.15, 0.2) is 91.0 Å². The standard InChI is InChI=1S/C18H15P.C4H8O.Cl2HP.Os.Ru/c1-4-10-16(11-5-1)19(17-12-6-2-7-13-17)18-14-8-3-9-15-18;1-2-4-5-3-1;1-3-2;;/h1-15H;1-4H2;3H;;/q;;;+4;+3. The van der Waals surface area contributed by atoms with Crippen molar-refractivity contribution < 1.29 is 44.0 Å². The Morgan fingerprint density at radius 1 is 0.621 bits per heavy atom. The van der Waals surface area contributed by atoms with Crippen LogP contribution in [-0.4, -0.2) is 13.2 Å². The van der Waals surface area contributed by atoms with Crippen LogP contribution in [0.3, 0.4) is 0 Å². The topological polar surface area (TPSA) is 9.23 Å². The maximum atomic E-state index is 4.94. The van der Waals surface area contributed by atoms with Gasteiger partial charge in [-0.25, -0.2) is 0 Å². The van der Waals surface area contributed by atoms with Gasteiger partial charge in [0, 0.05) is 13.2 Å². The third-order valence-electron chi connectivity index (χ3n) is 3.87. The molecule has 1 heterocycles. The molecule has 3 aromatic carbocycles. The quantitative estimate of drug-likeness (QED) is 0.231. The Morgan fingerprint density at radius 3 is 1.10 bits per heavy atom. The minimum absolute atomic E-state index is 0. The molecule has 1 aliphatic heterocycles. The second kappa shape index (κ2) is 19.0. The van der Waals surface area contributed by atoms with E-state index in [0.717, 1.165) is 13.2 Å². The van der Waals surface area contributed by atoms with Crippen molar-refractivity contribution in [2.24, 2.45) is 0 Å². The van der Waals surface area contributed by atoms with E-state index in [2.05, 4.69) is 91.0 Å². The fourth-order valence-corrected chi connectivity index (χ4v) is 4.99. The Morgan fingerprint density at radius 2 is 0.897 bits per heavy atom. The van der Waals surface area contributed by atoms with Crippen molar-refractivity contribution >= 4 is 53.6 Å². The number of ether oxygens (including phenoxy) is 1. The Hall–Kier alpha value is 0.320. The maximum absolute atomic E-state index is 4.94. The minimum Gasteiger partial charge on any atom is -0.381 e. The molecule has 151 valence electrons. The zero-order valence-corrected chi connectivity index (χ0v) is 23.5. The normalized spacial score (nSPS) is 11.7. The number of halogens is 2. The Kier molecular flexibility index (Phi) is 19.2. The van der Waals surface area contributed by atoms with Gasteiger partial charge in [0.2, 0.25) is 0 Å². The summed E-state index contributed by atoms with van der Waals surface area (Å²) >= 11 is 9.58.